The lowest BCUT2D eigenvalue weighted by Gasteiger charge is -2.26. The van der Waals surface area contributed by atoms with Crippen LogP contribution in [-0.2, 0) is 9.53 Å². The molecule has 2 atom stereocenters. The van der Waals surface area contributed by atoms with E-state index in [1.807, 2.05) is 75.4 Å². The normalized spacial score (nSPS) is 14.0. The monoisotopic (exact) mass is 345 g/mol. The number of ether oxygens (including phenoxy) is 1. The molecule has 0 heterocycles. The second-order valence-corrected chi connectivity index (χ2v) is 7.32. The van der Waals surface area contributed by atoms with E-state index in [4.69, 9.17) is 22.1 Å². The standard InChI is InChI=1S/C20H24ClNO2/c1-20(2,3)24-18(23)13-17(14-7-5-4-6-8-14)19(22)15-9-11-16(21)12-10-15/h4-12,17,19H,13,22H2,1-3H3. The van der Waals surface area contributed by atoms with E-state index in [9.17, 15) is 4.79 Å². The number of halogens is 1. The third-order valence-electron chi connectivity index (χ3n) is 3.72. The number of nitrogens with two attached hydrogens (primary N) is 1. The predicted octanol–water partition coefficient (Wildman–Crippen LogP) is 4.86. The molecule has 0 aromatic heterocycles. The number of hydrogen-bond donors (Lipinski definition) is 1. The second kappa shape index (κ2) is 7.82. The number of esters is 1. The smallest absolute Gasteiger partial charge is 0.306 e. The van der Waals surface area contributed by atoms with Crippen molar-refractivity contribution in [2.45, 2.75) is 44.8 Å². The Balaban J connectivity index is 2.26. The largest absolute Gasteiger partial charge is 0.460 e. The molecule has 3 nitrogen and oxygen atoms in total. The minimum absolute atomic E-state index is 0.165. The van der Waals surface area contributed by atoms with Gasteiger partial charge in [-0.2, -0.15) is 0 Å². The quantitative estimate of drug-likeness (QED) is 0.787. The van der Waals surface area contributed by atoms with Gasteiger partial charge in [-0.25, -0.2) is 0 Å². The lowest BCUT2D eigenvalue weighted by atomic mass is 9.85. The van der Waals surface area contributed by atoms with E-state index < -0.39 is 5.60 Å². The van der Waals surface area contributed by atoms with Gasteiger partial charge in [-0.1, -0.05) is 54.1 Å². The molecule has 2 unspecified atom stereocenters. The van der Waals surface area contributed by atoms with Crippen molar-refractivity contribution in [3.8, 4) is 0 Å². The number of carbonyl (C=O) groups is 1. The Hall–Kier alpha value is -1.84. The van der Waals surface area contributed by atoms with Crippen LogP contribution < -0.4 is 5.73 Å². The average molecular weight is 346 g/mol. The highest BCUT2D eigenvalue weighted by Gasteiger charge is 2.27. The van der Waals surface area contributed by atoms with Crippen molar-refractivity contribution in [1.82, 2.24) is 0 Å². The van der Waals surface area contributed by atoms with Crippen molar-refractivity contribution in [1.29, 1.82) is 0 Å². The van der Waals surface area contributed by atoms with Gasteiger partial charge in [0.1, 0.15) is 5.60 Å². The molecule has 0 amide bonds. The molecule has 0 bridgehead atoms. The third kappa shape index (κ3) is 5.36. The van der Waals surface area contributed by atoms with Gasteiger partial charge in [-0.15, -0.1) is 0 Å². The molecular formula is C20H24ClNO2. The Morgan fingerprint density at radius 3 is 2.17 bits per heavy atom. The van der Waals surface area contributed by atoms with Gasteiger partial charge in [-0.3, -0.25) is 4.79 Å². The lowest BCUT2D eigenvalue weighted by Crippen LogP contribution is -2.28. The molecule has 4 heteroatoms. The van der Waals surface area contributed by atoms with Gasteiger partial charge in [-0.05, 0) is 44.0 Å². The predicted molar refractivity (Wildman–Crippen MR) is 98.0 cm³/mol. The van der Waals surface area contributed by atoms with E-state index in [1.165, 1.54) is 0 Å². The van der Waals surface area contributed by atoms with Gasteiger partial charge in [0.25, 0.3) is 0 Å². The Labute approximate surface area is 148 Å². The van der Waals surface area contributed by atoms with Crippen LogP contribution in [0.3, 0.4) is 0 Å². The molecule has 2 aromatic rings. The molecule has 2 rings (SSSR count). The van der Waals surface area contributed by atoms with Crippen LogP contribution in [0, 0.1) is 0 Å². The summed E-state index contributed by atoms with van der Waals surface area (Å²) >= 11 is 5.95. The van der Waals surface area contributed by atoms with E-state index >= 15 is 0 Å². The summed E-state index contributed by atoms with van der Waals surface area (Å²) in [4.78, 5) is 12.3. The molecule has 0 aliphatic carbocycles. The molecule has 24 heavy (non-hydrogen) atoms. The van der Waals surface area contributed by atoms with Gasteiger partial charge in [0.2, 0.25) is 0 Å². The summed E-state index contributed by atoms with van der Waals surface area (Å²) in [5.74, 6) is -0.414. The van der Waals surface area contributed by atoms with E-state index in [0.717, 1.165) is 11.1 Å². The van der Waals surface area contributed by atoms with Crippen LogP contribution >= 0.6 is 11.6 Å². The van der Waals surface area contributed by atoms with Gasteiger partial charge < -0.3 is 10.5 Å². The van der Waals surface area contributed by atoms with Crippen LogP contribution in [0.25, 0.3) is 0 Å². The van der Waals surface area contributed by atoms with Crippen molar-refractivity contribution in [3.63, 3.8) is 0 Å². The van der Waals surface area contributed by atoms with Crippen LogP contribution in [-0.4, -0.2) is 11.6 Å². The van der Waals surface area contributed by atoms with Crippen molar-refractivity contribution >= 4 is 17.6 Å². The first-order valence-electron chi connectivity index (χ1n) is 8.04. The van der Waals surface area contributed by atoms with Gasteiger partial charge >= 0.3 is 5.97 Å². The average Bonchev–Trinajstić information content (AvgIpc) is 2.52. The van der Waals surface area contributed by atoms with Crippen molar-refractivity contribution in [2.75, 3.05) is 0 Å². The highest BCUT2D eigenvalue weighted by Crippen LogP contribution is 2.33. The Morgan fingerprint density at radius 2 is 1.62 bits per heavy atom. The molecule has 0 saturated carbocycles. The van der Waals surface area contributed by atoms with Crippen LogP contribution in [0.1, 0.15) is 50.3 Å². The van der Waals surface area contributed by atoms with Gasteiger partial charge in [0.05, 0.1) is 6.42 Å². The topological polar surface area (TPSA) is 52.3 Å². The molecule has 0 aliphatic heterocycles. The molecule has 0 fully saturated rings. The van der Waals surface area contributed by atoms with Gasteiger partial charge in [0, 0.05) is 17.0 Å². The molecule has 2 N–H and O–H groups in total. The first kappa shape index (κ1) is 18.5. The molecule has 128 valence electrons. The minimum Gasteiger partial charge on any atom is -0.460 e. The Kier molecular flexibility index (Phi) is 6.03. The molecule has 0 spiro atoms. The lowest BCUT2D eigenvalue weighted by molar-refractivity contribution is -0.155. The summed E-state index contributed by atoms with van der Waals surface area (Å²) in [6.07, 6.45) is 0.227. The van der Waals surface area contributed by atoms with E-state index in [-0.39, 0.29) is 24.3 Å². The summed E-state index contributed by atoms with van der Waals surface area (Å²) in [5, 5.41) is 0.661. The van der Waals surface area contributed by atoms with E-state index in [2.05, 4.69) is 0 Å². The summed E-state index contributed by atoms with van der Waals surface area (Å²) in [5.41, 5.74) is 7.93. The minimum atomic E-state index is -0.511. The molecule has 2 aromatic carbocycles. The number of carbonyl (C=O) groups excluding carboxylic acids is 1. The SMILES string of the molecule is CC(C)(C)OC(=O)CC(c1ccccc1)C(N)c1ccc(Cl)cc1. The summed E-state index contributed by atoms with van der Waals surface area (Å²) in [6, 6.07) is 16.9. The maximum absolute atomic E-state index is 12.3. The maximum Gasteiger partial charge on any atom is 0.306 e. The van der Waals surface area contributed by atoms with Crippen LogP contribution in [0.5, 0.6) is 0 Å². The third-order valence-corrected chi connectivity index (χ3v) is 3.97. The van der Waals surface area contributed by atoms with Crippen molar-refractivity contribution in [2.24, 2.45) is 5.73 Å². The molecule has 0 radical (unpaired) electrons. The highest BCUT2D eigenvalue weighted by molar-refractivity contribution is 6.30. The van der Waals surface area contributed by atoms with Crippen molar-refractivity contribution < 1.29 is 9.53 Å². The summed E-state index contributed by atoms with van der Waals surface area (Å²) < 4.78 is 5.48. The summed E-state index contributed by atoms with van der Waals surface area (Å²) in [7, 11) is 0. The molecule has 0 aliphatic rings. The number of benzene rings is 2. The zero-order valence-electron chi connectivity index (χ0n) is 14.3. The Bertz CT molecular complexity index is 662. The van der Waals surface area contributed by atoms with Crippen LogP contribution in [0.15, 0.2) is 54.6 Å². The van der Waals surface area contributed by atoms with E-state index in [1.54, 1.807) is 0 Å². The fourth-order valence-electron chi connectivity index (χ4n) is 2.63. The fourth-order valence-corrected chi connectivity index (χ4v) is 2.76. The van der Waals surface area contributed by atoms with Gasteiger partial charge in [0.15, 0.2) is 0 Å². The first-order chi connectivity index (χ1) is 11.3. The number of rotatable bonds is 5. The fraction of sp³-hybridized carbons (Fsp3) is 0.350. The number of hydrogen-bond acceptors (Lipinski definition) is 3. The zero-order valence-corrected chi connectivity index (χ0v) is 15.1. The maximum atomic E-state index is 12.3. The van der Waals surface area contributed by atoms with Crippen LogP contribution in [0.2, 0.25) is 5.02 Å². The van der Waals surface area contributed by atoms with E-state index in [0.29, 0.717) is 5.02 Å². The summed E-state index contributed by atoms with van der Waals surface area (Å²) in [6.45, 7) is 5.59. The first-order valence-corrected chi connectivity index (χ1v) is 8.42. The second-order valence-electron chi connectivity index (χ2n) is 6.89. The zero-order chi connectivity index (χ0) is 17.7. The van der Waals surface area contributed by atoms with Crippen molar-refractivity contribution in [3.05, 3.63) is 70.7 Å². The highest BCUT2D eigenvalue weighted by atomic mass is 35.5. The Morgan fingerprint density at radius 1 is 1.04 bits per heavy atom. The molecular weight excluding hydrogens is 322 g/mol. The van der Waals surface area contributed by atoms with Crippen LogP contribution in [0.4, 0.5) is 0 Å². The molecule has 0 saturated heterocycles.